The molecule has 0 amide bonds. The molecule has 0 rings (SSSR count). The molecular formula is C18H40O2. The summed E-state index contributed by atoms with van der Waals surface area (Å²) < 4.78 is 10.8. The van der Waals surface area contributed by atoms with Crippen LogP contribution in [0, 0.1) is 0 Å². The van der Waals surface area contributed by atoms with E-state index in [1.54, 1.807) is 0 Å². The summed E-state index contributed by atoms with van der Waals surface area (Å²) in [6.07, 6.45) is 12.6. The summed E-state index contributed by atoms with van der Waals surface area (Å²) in [6.45, 7) is 12.7. The van der Waals surface area contributed by atoms with Crippen molar-refractivity contribution in [2.45, 2.75) is 91.9 Å². The molecule has 0 spiro atoms. The molecule has 0 fully saturated rings. The maximum Gasteiger partial charge on any atom is 0.0466 e. The Morgan fingerprint density at radius 3 is 1.00 bits per heavy atom. The van der Waals surface area contributed by atoms with E-state index < -0.39 is 0 Å². The molecule has 124 valence electrons. The molecule has 0 bridgehead atoms. The van der Waals surface area contributed by atoms with E-state index in [-0.39, 0.29) is 0 Å². The van der Waals surface area contributed by atoms with Gasteiger partial charge in [0.15, 0.2) is 0 Å². The summed E-state index contributed by atoms with van der Waals surface area (Å²) in [4.78, 5) is 0. The van der Waals surface area contributed by atoms with Gasteiger partial charge in [0.1, 0.15) is 0 Å². The predicted molar refractivity (Wildman–Crippen MR) is 90.5 cm³/mol. The Morgan fingerprint density at radius 1 is 0.400 bits per heavy atom. The first-order chi connectivity index (χ1) is 9.83. The Morgan fingerprint density at radius 2 is 0.700 bits per heavy atom. The molecule has 0 N–H and O–H groups in total. The number of ether oxygens (including phenoxy) is 2. The molecule has 0 aliphatic rings. The Kier molecular flexibility index (Phi) is 26.6. The lowest BCUT2D eigenvalue weighted by Crippen LogP contribution is -1.96. The minimum atomic E-state index is 0.955. The zero-order chi connectivity index (χ0) is 15.3. The predicted octanol–water partition coefficient (Wildman–Crippen LogP) is 5.99. The van der Waals surface area contributed by atoms with E-state index in [1.807, 2.05) is 0 Å². The van der Waals surface area contributed by atoms with Crippen molar-refractivity contribution < 1.29 is 9.47 Å². The van der Waals surface area contributed by atoms with Crippen molar-refractivity contribution in [1.29, 1.82) is 0 Å². The average molecular weight is 289 g/mol. The third-order valence-electron chi connectivity index (χ3n) is 3.07. The second kappa shape index (κ2) is 24.0. The molecule has 2 heteroatoms. The highest BCUT2D eigenvalue weighted by atomic mass is 16.5. The van der Waals surface area contributed by atoms with Gasteiger partial charge in [-0.2, -0.15) is 0 Å². The van der Waals surface area contributed by atoms with Gasteiger partial charge in [0.2, 0.25) is 0 Å². The molecule has 2 nitrogen and oxygen atoms in total. The van der Waals surface area contributed by atoms with E-state index in [9.17, 15) is 0 Å². The fourth-order valence-corrected chi connectivity index (χ4v) is 1.61. The quantitative estimate of drug-likeness (QED) is 0.366. The third kappa shape index (κ3) is 26.5. The van der Waals surface area contributed by atoms with Crippen molar-refractivity contribution in [3.63, 3.8) is 0 Å². The van der Waals surface area contributed by atoms with Gasteiger partial charge < -0.3 is 9.47 Å². The number of rotatable bonds is 14. The molecule has 0 atom stereocenters. The first kappa shape index (κ1) is 22.2. The minimum absolute atomic E-state index is 0.955. The Balaban J connectivity index is 0. The lowest BCUT2D eigenvalue weighted by molar-refractivity contribution is 0.126. The SMILES string of the molecule is CCCCCOCCCCC.CCCCOCCCC. The van der Waals surface area contributed by atoms with Gasteiger partial charge in [-0.15, -0.1) is 0 Å². The topological polar surface area (TPSA) is 18.5 Å². The largest absolute Gasteiger partial charge is 0.381 e. The van der Waals surface area contributed by atoms with Crippen LogP contribution in [0.2, 0.25) is 0 Å². The normalized spacial score (nSPS) is 10.2. The molecule has 0 aromatic heterocycles. The summed E-state index contributed by atoms with van der Waals surface area (Å²) >= 11 is 0. The fourth-order valence-electron chi connectivity index (χ4n) is 1.61. The lowest BCUT2D eigenvalue weighted by atomic mass is 10.2. The Hall–Kier alpha value is -0.0800. The van der Waals surface area contributed by atoms with Gasteiger partial charge in [0.25, 0.3) is 0 Å². The van der Waals surface area contributed by atoms with Crippen LogP contribution in [0.4, 0.5) is 0 Å². The van der Waals surface area contributed by atoms with E-state index in [4.69, 9.17) is 9.47 Å². The van der Waals surface area contributed by atoms with Crippen LogP contribution in [-0.4, -0.2) is 26.4 Å². The standard InChI is InChI=1S/C10H22O.C8H18O/c1-3-5-7-9-11-10-8-6-4-2;1-3-5-7-9-8-6-4-2/h3-10H2,1-2H3;3-8H2,1-2H3. The highest BCUT2D eigenvalue weighted by Crippen LogP contribution is 1.97. The maximum absolute atomic E-state index is 5.44. The molecule has 0 aliphatic heterocycles. The first-order valence-electron chi connectivity index (χ1n) is 8.98. The molecule has 0 aromatic carbocycles. The second-order valence-corrected chi connectivity index (χ2v) is 5.35. The number of hydrogen-bond acceptors (Lipinski definition) is 2. The average Bonchev–Trinajstić information content (AvgIpc) is 2.47. The van der Waals surface area contributed by atoms with Crippen LogP contribution in [0.1, 0.15) is 91.9 Å². The van der Waals surface area contributed by atoms with Gasteiger partial charge >= 0.3 is 0 Å². The van der Waals surface area contributed by atoms with E-state index in [0.717, 1.165) is 26.4 Å². The summed E-state index contributed by atoms with van der Waals surface area (Å²) in [5.41, 5.74) is 0. The molecule has 0 aliphatic carbocycles. The molecule has 20 heavy (non-hydrogen) atoms. The third-order valence-corrected chi connectivity index (χ3v) is 3.07. The van der Waals surface area contributed by atoms with E-state index in [0.29, 0.717) is 0 Å². The molecule has 0 saturated heterocycles. The minimum Gasteiger partial charge on any atom is -0.381 e. The van der Waals surface area contributed by atoms with Crippen molar-refractivity contribution >= 4 is 0 Å². The highest BCUT2D eigenvalue weighted by Gasteiger charge is 1.88. The summed E-state index contributed by atoms with van der Waals surface area (Å²) in [7, 11) is 0. The maximum atomic E-state index is 5.44. The number of unbranched alkanes of at least 4 members (excludes halogenated alkanes) is 6. The van der Waals surface area contributed by atoms with Crippen LogP contribution >= 0.6 is 0 Å². The van der Waals surface area contributed by atoms with E-state index in [1.165, 1.54) is 64.2 Å². The zero-order valence-corrected chi connectivity index (χ0v) is 14.7. The Labute approximate surface area is 128 Å². The van der Waals surface area contributed by atoms with Crippen LogP contribution in [0.5, 0.6) is 0 Å². The van der Waals surface area contributed by atoms with E-state index >= 15 is 0 Å². The van der Waals surface area contributed by atoms with E-state index in [2.05, 4.69) is 27.7 Å². The lowest BCUT2D eigenvalue weighted by Gasteiger charge is -2.01. The van der Waals surface area contributed by atoms with Crippen LogP contribution in [0.15, 0.2) is 0 Å². The number of hydrogen-bond donors (Lipinski definition) is 0. The van der Waals surface area contributed by atoms with Crippen LogP contribution < -0.4 is 0 Å². The van der Waals surface area contributed by atoms with Crippen LogP contribution in [0.3, 0.4) is 0 Å². The van der Waals surface area contributed by atoms with Gasteiger partial charge in [0.05, 0.1) is 0 Å². The van der Waals surface area contributed by atoms with Crippen molar-refractivity contribution in [2.75, 3.05) is 26.4 Å². The molecule has 0 radical (unpaired) electrons. The Bertz CT molecular complexity index is 123. The van der Waals surface area contributed by atoms with Crippen molar-refractivity contribution in [3.8, 4) is 0 Å². The van der Waals surface area contributed by atoms with Gasteiger partial charge in [0, 0.05) is 26.4 Å². The van der Waals surface area contributed by atoms with Gasteiger partial charge in [-0.3, -0.25) is 0 Å². The van der Waals surface area contributed by atoms with Crippen molar-refractivity contribution in [2.24, 2.45) is 0 Å². The van der Waals surface area contributed by atoms with Crippen LogP contribution in [-0.2, 0) is 9.47 Å². The van der Waals surface area contributed by atoms with Crippen molar-refractivity contribution in [1.82, 2.24) is 0 Å². The van der Waals surface area contributed by atoms with Crippen molar-refractivity contribution in [3.05, 3.63) is 0 Å². The summed E-state index contributed by atoms with van der Waals surface area (Å²) in [5.74, 6) is 0. The molecular weight excluding hydrogens is 248 g/mol. The van der Waals surface area contributed by atoms with Gasteiger partial charge in [-0.05, 0) is 25.7 Å². The monoisotopic (exact) mass is 288 g/mol. The molecule has 0 aromatic rings. The molecule has 0 saturated carbocycles. The van der Waals surface area contributed by atoms with Crippen LogP contribution in [0.25, 0.3) is 0 Å². The fraction of sp³-hybridized carbons (Fsp3) is 1.00. The second-order valence-electron chi connectivity index (χ2n) is 5.35. The first-order valence-corrected chi connectivity index (χ1v) is 8.98. The van der Waals surface area contributed by atoms with Gasteiger partial charge in [-0.1, -0.05) is 66.2 Å². The summed E-state index contributed by atoms with van der Waals surface area (Å²) in [5, 5.41) is 0. The zero-order valence-electron chi connectivity index (χ0n) is 14.7. The summed E-state index contributed by atoms with van der Waals surface area (Å²) in [6, 6.07) is 0. The highest BCUT2D eigenvalue weighted by molar-refractivity contribution is 4.38. The smallest absolute Gasteiger partial charge is 0.0466 e. The molecule has 0 unspecified atom stereocenters. The van der Waals surface area contributed by atoms with Gasteiger partial charge in [-0.25, -0.2) is 0 Å². The molecule has 0 heterocycles.